The highest BCUT2D eigenvalue weighted by Crippen LogP contribution is 2.26. The maximum atomic E-state index is 12.8. The van der Waals surface area contributed by atoms with Crippen LogP contribution in [0.3, 0.4) is 0 Å². The van der Waals surface area contributed by atoms with Crippen molar-refractivity contribution in [2.75, 3.05) is 6.54 Å². The molecule has 0 radical (unpaired) electrons. The van der Waals surface area contributed by atoms with Crippen molar-refractivity contribution in [3.8, 4) is 0 Å². The second kappa shape index (κ2) is 4.57. The van der Waals surface area contributed by atoms with E-state index in [1.54, 1.807) is 6.92 Å². The van der Waals surface area contributed by atoms with Crippen LogP contribution in [-0.4, -0.2) is 41.9 Å². The van der Waals surface area contributed by atoms with Crippen LogP contribution in [0, 0.1) is 0 Å². The molecule has 1 saturated heterocycles. The summed E-state index contributed by atoms with van der Waals surface area (Å²) in [5, 5.41) is 2.76. The molecule has 1 rings (SSSR count). The first kappa shape index (κ1) is 13.2. The lowest BCUT2D eigenvalue weighted by Gasteiger charge is -2.27. The molecule has 0 aliphatic carbocycles. The summed E-state index contributed by atoms with van der Waals surface area (Å²) in [6.07, 6.45) is -3.95. The van der Waals surface area contributed by atoms with Gasteiger partial charge in [-0.25, -0.2) is 8.78 Å². The van der Waals surface area contributed by atoms with Gasteiger partial charge in [-0.15, -0.1) is 0 Å². The van der Waals surface area contributed by atoms with E-state index in [0.717, 1.165) is 4.90 Å². The molecule has 94 valence electrons. The molecule has 7 heteroatoms. The van der Waals surface area contributed by atoms with Gasteiger partial charge in [0.2, 0.25) is 5.91 Å². The molecule has 0 aromatic rings. The fourth-order valence-corrected chi connectivity index (χ4v) is 1.67. The number of alkyl halides is 4. The molecule has 0 saturated carbocycles. The van der Waals surface area contributed by atoms with Crippen LogP contribution in [-0.2, 0) is 4.79 Å². The predicted molar refractivity (Wildman–Crippen MR) is 49.3 cm³/mol. The normalized spacial score (nSPS) is 26.9. The van der Waals surface area contributed by atoms with Crippen LogP contribution >= 0.6 is 0 Å². The molecule has 1 fully saturated rings. The molecule has 0 aromatic carbocycles. The number of nitrogens with zero attached hydrogens (tertiary/aromatic N) is 1. The van der Waals surface area contributed by atoms with Crippen molar-refractivity contribution in [3.05, 3.63) is 0 Å². The Kier molecular flexibility index (Phi) is 3.77. The second-order valence-corrected chi connectivity index (χ2v) is 3.84. The number of nitrogens with one attached hydrogen (secondary N) is 1. The first-order valence-electron chi connectivity index (χ1n) is 5.02. The smallest absolute Gasteiger partial charge is 0.320 e. The lowest BCUT2D eigenvalue weighted by molar-refractivity contribution is -0.156. The zero-order valence-electron chi connectivity index (χ0n) is 9.01. The van der Waals surface area contributed by atoms with Gasteiger partial charge in [0.1, 0.15) is 0 Å². The van der Waals surface area contributed by atoms with Gasteiger partial charge in [-0.1, -0.05) is 6.92 Å². The molecule has 0 aromatic heterocycles. The molecule has 1 N–H and O–H groups in total. The van der Waals surface area contributed by atoms with Gasteiger partial charge in [0.05, 0.1) is 18.8 Å². The van der Waals surface area contributed by atoms with E-state index in [-0.39, 0.29) is 0 Å². The Morgan fingerprint density at radius 1 is 1.50 bits per heavy atom. The number of carbonyl (C=O) groups is 1. The predicted octanol–water partition coefficient (Wildman–Crippen LogP) is 1.44. The molecule has 2 atom stereocenters. The first-order valence-corrected chi connectivity index (χ1v) is 5.02. The average Bonchev–Trinajstić information content (AvgIpc) is 2.45. The minimum atomic E-state index is -4.16. The molecule has 1 amide bonds. The van der Waals surface area contributed by atoms with E-state index >= 15 is 0 Å². The Morgan fingerprint density at radius 2 is 2.06 bits per heavy atom. The number of hydrogen-bond donors (Lipinski definition) is 1. The van der Waals surface area contributed by atoms with Crippen molar-refractivity contribution >= 4 is 5.91 Å². The van der Waals surface area contributed by atoms with E-state index in [4.69, 9.17) is 0 Å². The molecular formula is C9H14F4N2O. The minimum Gasteiger partial charge on any atom is -0.320 e. The van der Waals surface area contributed by atoms with E-state index < -0.39 is 37.0 Å². The van der Waals surface area contributed by atoms with Crippen LogP contribution in [0.25, 0.3) is 0 Å². The van der Waals surface area contributed by atoms with Gasteiger partial charge < -0.3 is 4.90 Å². The van der Waals surface area contributed by atoms with Crippen LogP contribution in [0.5, 0.6) is 0 Å². The summed E-state index contributed by atoms with van der Waals surface area (Å²) in [4.78, 5) is 12.2. The van der Waals surface area contributed by atoms with Gasteiger partial charge in [0.15, 0.2) is 0 Å². The Bertz CT molecular complexity index is 272. The lowest BCUT2D eigenvalue weighted by atomic mass is 10.2. The highest BCUT2D eigenvalue weighted by molar-refractivity contribution is 5.83. The third-order valence-corrected chi connectivity index (χ3v) is 2.56. The van der Waals surface area contributed by atoms with E-state index in [9.17, 15) is 22.4 Å². The van der Waals surface area contributed by atoms with Crippen LogP contribution in [0.1, 0.15) is 20.3 Å². The maximum Gasteiger partial charge on any atom is 0.324 e. The van der Waals surface area contributed by atoms with Crippen LogP contribution in [0.4, 0.5) is 17.6 Å². The van der Waals surface area contributed by atoms with Crippen molar-refractivity contribution in [3.63, 3.8) is 0 Å². The van der Waals surface area contributed by atoms with Crippen molar-refractivity contribution in [2.24, 2.45) is 0 Å². The number of halogens is 4. The third kappa shape index (κ3) is 2.45. The topological polar surface area (TPSA) is 32.3 Å². The monoisotopic (exact) mass is 242 g/mol. The molecule has 3 nitrogen and oxygen atoms in total. The Morgan fingerprint density at radius 3 is 2.50 bits per heavy atom. The largest absolute Gasteiger partial charge is 0.324 e. The van der Waals surface area contributed by atoms with Crippen molar-refractivity contribution in [2.45, 2.75) is 44.8 Å². The fourth-order valence-electron chi connectivity index (χ4n) is 1.67. The standard InChI is InChI=1S/C9H14F4N2O/c1-3-6-14-5(2)7(16)15(6)4-9(12,13)8(10)11/h5-6,8,14H,3-4H2,1-2H3. The SMILES string of the molecule is CCC1NC(C)C(=O)N1CC(F)(F)C(F)F. The van der Waals surface area contributed by atoms with Crippen molar-refractivity contribution in [1.82, 2.24) is 10.2 Å². The molecule has 2 unspecified atom stereocenters. The van der Waals surface area contributed by atoms with Gasteiger partial charge >= 0.3 is 12.3 Å². The van der Waals surface area contributed by atoms with Gasteiger partial charge in [-0.05, 0) is 13.3 Å². The number of carbonyl (C=O) groups excluding carboxylic acids is 1. The van der Waals surface area contributed by atoms with Gasteiger partial charge in [0, 0.05) is 0 Å². The third-order valence-electron chi connectivity index (χ3n) is 2.56. The quantitative estimate of drug-likeness (QED) is 0.757. The minimum absolute atomic E-state index is 0.398. The summed E-state index contributed by atoms with van der Waals surface area (Å²) in [5.41, 5.74) is 0. The summed E-state index contributed by atoms with van der Waals surface area (Å²) in [6, 6.07) is -0.599. The fraction of sp³-hybridized carbons (Fsp3) is 0.889. The first-order chi connectivity index (χ1) is 7.29. The molecule has 0 spiro atoms. The Hall–Kier alpha value is -0.850. The van der Waals surface area contributed by atoms with E-state index in [0.29, 0.717) is 6.42 Å². The van der Waals surface area contributed by atoms with E-state index in [1.165, 1.54) is 6.92 Å². The van der Waals surface area contributed by atoms with Crippen LogP contribution in [0.15, 0.2) is 0 Å². The van der Waals surface area contributed by atoms with E-state index in [1.807, 2.05) is 0 Å². The summed E-state index contributed by atoms with van der Waals surface area (Å²) in [5.74, 6) is -4.72. The zero-order chi connectivity index (χ0) is 12.5. The summed E-state index contributed by atoms with van der Waals surface area (Å²) in [6.45, 7) is 1.97. The number of amides is 1. The molecule has 0 bridgehead atoms. The Balaban J connectivity index is 2.75. The average molecular weight is 242 g/mol. The number of hydrogen-bond acceptors (Lipinski definition) is 2. The van der Waals surface area contributed by atoms with Crippen molar-refractivity contribution in [1.29, 1.82) is 0 Å². The molecular weight excluding hydrogens is 228 g/mol. The second-order valence-electron chi connectivity index (χ2n) is 3.84. The summed E-state index contributed by atoms with van der Waals surface area (Å²) < 4.78 is 49.7. The van der Waals surface area contributed by atoms with Gasteiger partial charge in [-0.3, -0.25) is 10.1 Å². The van der Waals surface area contributed by atoms with Crippen LogP contribution < -0.4 is 5.32 Å². The molecule has 1 aliphatic rings. The van der Waals surface area contributed by atoms with Gasteiger partial charge in [0.25, 0.3) is 0 Å². The number of rotatable bonds is 4. The lowest BCUT2D eigenvalue weighted by Crippen LogP contribution is -2.47. The summed E-state index contributed by atoms with van der Waals surface area (Å²) in [7, 11) is 0. The Labute approximate surface area is 90.8 Å². The van der Waals surface area contributed by atoms with Crippen LogP contribution in [0.2, 0.25) is 0 Å². The van der Waals surface area contributed by atoms with Gasteiger partial charge in [-0.2, -0.15) is 8.78 Å². The molecule has 16 heavy (non-hydrogen) atoms. The molecule has 1 heterocycles. The van der Waals surface area contributed by atoms with E-state index in [2.05, 4.69) is 5.32 Å². The summed E-state index contributed by atoms with van der Waals surface area (Å²) >= 11 is 0. The highest BCUT2D eigenvalue weighted by atomic mass is 19.3. The molecule has 1 aliphatic heterocycles. The highest BCUT2D eigenvalue weighted by Gasteiger charge is 2.47. The maximum absolute atomic E-state index is 12.8. The zero-order valence-corrected chi connectivity index (χ0v) is 9.01. The van der Waals surface area contributed by atoms with Crippen molar-refractivity contribution < 1.29 is 22.4 Å².